The Balaban J connectivity index is 1.89. The van der Waals surface area contributed by atoms with Crippen LogP contribution in [0.15, 0.2) is 0 Å². The molecular weight excluding hydrogens is 688 g/mol. The number of nitrogens with two attached hydrogens (primary N) is 1. The third-order valence-electron chi connectivity index (χ3n) is 12.9. The molecule has 4 saturated heterocycles. The fourth-order valence-corrected chi connectivity index (χ4v) is 9.68. The van der Waals surface area contributed by atoms with Crippen LogP contribution in [0.4, 0.5) is 0 Å². The lowest BCUT2D eigenvalue weighted by Crippen LogP contribution is -2.61. The van der Waals surface area contributed by atoms with E-state index in [1.54, 1.807) is 20.8 Å². The van der Waals surface area contributed by atoms with E-state index < -0.39 is 95.8 Å². The Kier molecular flexibility index (Phi) is 14.2. The van der Waals surface area contributed by atoms with Gasteiger partial charge in [-0.05, 0) is 80.8 Å². The number of cyclic esters (lactones) is 1. The van der Waals surface area contributed by atoms with Gasteiger partial charge in [0.15, 0.2) is 12.6 Å². The Hall–Kier alpha value is -1.46. The van der Waals surface area contributed by atoms with Crippen molar-refractivity contribution < 1.29 is 57.7 Å². The molecule has 0 aromatic rings. The van der Waals surface area contributed by atoms with Crippen molar-refractivity contribution in [1.29, 1.82) is 0 Å². The summed E-state index contributed by atoms with van der Waals surface area (Å²) in [7, 11) is 5.32. The number of aliphatic hydroxyl groups excluding tert-OH is 2. The first-order valence-corrected chi connectivity index (χ1v) is 19.6. The van der Waals surface area contributed by atoms with E-state index in [9.17, 15) is 19.8 Å². The Bertz CT molecular complexity index is 1260. The number of aliphatic hydroxyl groups is 2. The molecule has 0 amide bonds. The van der Waals surface area contributed by atoms with Gasteiger partial charge in [0.2, 0.25) is 0 Å². The molecular formula is C39H70N2O12. The van der Waals surface area contributed by atoms with Crippen LogP contribution >= 0.6 is 0 Å². The highest BCUT2D eigenvalue weighted by Gasteiger charge is 2.58. The van der Waals surface area contributed by atoms with Gasteiger partial charge in [-0.25, -0.2) is 0 Å². The van der Waals surface area contributed by atoms with E-state index in [2.05, 4.69) is 0 Å². The minimum atomic E-state index is -1.35. The first-order chi connectivity index (χ1) is 24.5. The molecule has 0 aromatic carbocycles. The summed E-state index contributed by atoms with van der Waals surface area (Å²) in [6.45, 7) is 20.2. The normalized spacial score (nSPS) is 50.1. The van der Waals surface area contributed by atoms with Crippen LogP contribution in [0.1, 0.15) is 102 Å². The quantitative estimate of drug-likeness (QED) is 0.308. The maximum atomic E-state index is 14.4. The number of hydrogen-bond donors (Lipinski definition) is 3. The zero-order valence-corrected chi connectivity index (χ0v) is 34.6. The van der Waals surface area contributed by atoms with E-state index in [1.807, 2.05) is 67.5 Å². The minimum Gasteiger partial charge on any atom is -0.459 e. The molecule has 4 rings (SSSR count). The van der Waals surface area contributed by atoms with Crippen LogP contribution in [0, 0.1) is 23.7 Å². The van der Waals surface area contributed by atoms with Crippen molar-refractivity contribution in [3.63, 3.8) is 0 Å². The van der Waals surface area contributed by atoms with E-state index in [0.29, 0.717) is 12.8 Å². The summed E-state index contributed by atoms with van der Waals surface area (Å²) in [5.74, 6) is -3.02. The predicted molar refractivity (Wildman–Crippen MR) is 195 cm³/mol. The second kappa shape index (κ2) is 17.0. The lowest BCUT2D eigenvalue weighted by atomic mass is 9.74. The van der Waals surface area contributed by atoms with Crippen LogP contribution in [0.2, 0.25) is 0 Å². The van der Waals surface area contributed by atoms with Crippen LogP contribution < -0.4 is 5.73 Å². The fraction of sp³-hybridized carbons (Fsp3) is 0.949. The Morgan fingerprint density at radius 3 is 2.19 bits per heavy atom. The lowest BCUT2D eigenvalue weighted by molar-refractivity contribution is -0.318. The van der Waals surface area contributed by atoms with Crippen molar-refractivity contribution in [1.82, 2.24) is 4.90 Å². The molecule has 4 aliphatic rings. The molecule has 19 atom stereocenters. The minimum absolute atomic E-state index is 0.126. The molecule has 4 aliphatic heterocycles. The number of ether oxygens (including phenoxy) is 8. The van der Waals surface area contributed by atoms with Gasteiger partial charge >= 0.3 is 11.9 Å². The monoisotopic (exact) mass is 758 g/mol. The molecule has 2 bridgehead atoms. The Morgan fingerprint density at radius 2 is 1.62 bits per heavy atom. The third-order valence-corrected chi connectivity index (χ3v) is 12.9. The molecule has 53 heavy (non-hydrogen) atoms. The van der Waals surface area contributed by atoms with Crippen LogP contribution in [-0.2, 0) is 47.5 Å². The molecule has 4 heterocycles. The van der Waals surface area contributed by atoms with Crippen molar-refractivity contribution in [2.45, 2.75) is 192 Å². The number of carbonyl (C=O) groups excluding carboxylic acids is 2. The second-order valence-corrected chi connectivity index (χ2v) is 17.4. The molecule has 14 heteroatoms. The number of nitrogens with zero attached hydrogens (tertiary/aromatic N) is 1. The van der Waals surface area contributed by atoms with Gasteiger partial charge in [0.1, 0.15) is 35.6 Å². The van der Waals surface area contributed by atoms with Crippen LogP contribution in [-0.4, -0.2) is 139 Å². The van der Waals surface area contributed by atoms with Crippen molar-refractivity contribution in [3.05, 3.63) is 0 Å². The van der Waals surface area contributed by atoms with Gasteiger partial charge < -0.3 is 58.7 Å². The van der Waals surface area contributed by atoms with Gasteiger partial charge in [0.25, 0.3) is 0 Å². The number of hydrogen-bond acceptors (Lipinski definition) is 14. The average Bonchev–Trinajstić information content (AvgIpc) is 3.31. The molecule has 4 fully saturated rings. The highest BCUT2D eigenvalue weighted by Crippen LogP contribution is 2.47. The first-order valence-electron chi connectivity index (χ1n) is 19.6. The number of fused-ring (bicyclic) bond motifs is 2. The van der Waals surface area contributed by atoms with Gasteiger partial charge in [0, 0.05) is 44.4 Å². The topological polar surface area (TPSA) is 178 Å². The molecule has 0 radical (unpaired) electrons. The van der Waals surface area contributed by atoms with Crippen molar-refractivity contribution >= 4 is 11.9 Å². The second-order valence-electron chi connectivity index (χ2n) is 17.4. The average molecular weight is 759 g/mol. The van der Waals surface area contributed by atoms with Crippen LogP contribution in [0.25, 0.3) is 0 Å². The molecule has 308 valence electrons. The predicted octanol–water partition coefficient (Wildman–Crippen LogP) is 3.16. The van der Waals surface area contributed by atoms with Gasteiger partial charge in [0.05, 0.1) is 35.9 Å². The smallest absolute Gasteiger partial charge is 0.311 e. The maximum Gasteiger partial charge on any atom is 0.311 e. The number of rotatable bonds is 8. The van der Waals surface area contributed by atoms with Gasteiger partial charge in [-0.3, -0.25) is 9.59 Å². The summed E-state index contributed by atoms with van der Waals surface area (Å²) >= 11 is 0. The van der Waals surface area contributed by atoms with E-state index in [1.165, 1.54) is 14.0 Å². The fourth-order valence-electron chi connectivity index (χ4n) is 9.68. The van der Waals surface area contributed by atoms with Crippen molar-refractivity contribution in [2.24, 2.45) is 29.4 Å². The Labute approximate surface area is 317 Å². The molecule has 14 nitrogen and oxygen atoms in total. The standard InChI is InChI=1S/C39H70N2O12/c1-15-27-39(11)32(40)21(4)30(53-39)19(2)17-38(10,52-25(8)42)34(51-36-29(43)26(41(12)13)16-20(3)47-36)22(5)31(23(6)35(45)49-27)50-28-18-37(9,46-14)33(44)24(7)48-28/h19-24,26-34,36,43-44H,15-18,40H2,1-14H3/t19-,20-,21?,22+,23-,24+,26+,27-,28+,29-,30?,31+,32?,33+,34-,36+,37-,38+,39?/m1/s1. The van der Waals surface area contributed by atoms with Crippen LogP contribution in [0.5, 0.6) is 0 Å². The number of likely N-dealkylation sites (N-methyl/N-ethyl adjacent to an activating group) is 1. The summed E-state index contributed by atoms with van der Waals surface area (Å²) < 4.78 is 51.5. The molecule has 0 aromatic heterocycles. The number of carbonyl (C=O) groups is 2. The zero-order chi connectivity index (χ0) is 40.0. The number of methoxy groups -OCH3 is 1. The molecule has 0 saturated carbocycles. The van der Waals surface area contributed by atoms with E-state index in [0.717, 1.165) is 0 Å². The first kappa shape index (κ1) is 44.3. The van der Waals surface area contributed by atoms with Gasteiger partial charge in [-0.15, -0.1) is 0 Å². The van der Waals surface area contributed by atoms with E-state index in [4.69, 9.17) is 43.6 Å². The lowest BCUT2D eigenvalue weighted by Gasteiger charge is -2.49. The van der Waals surface area contributed by atoms with Gasteiger partial charge in [-0.1, -0.05) is 27.7 Å². The molecule has 0 aliphatic carbocycles. The van der Waals surface area contributed by atoms with Crippen LogP contribution in [0.3, 0.4) is 0 Å². The van der Waals surface area contributed by atoms with Crippen molar-refractivity contribution in [2.75, 3.05) is 21.2 Å². The van der Waals surface area contributed by atoms with E-state index in [-0.39, 0.29) is 42.9 Å². The molecule has 0 spiro atoms. The summed E-state index contributed by atoms with van der Waals surface area (Å²) in [6, 6.07) is -0.740. The Morgan fingerprint density at radius 1 is 0.981 bits per heavy atom. The van der Waals surface area contributed by atoms with Crippen molar-refractivity contribution in [3.8, 4) is 0 Å². The summed E-state index contributed by atoms with van der Waals surface area (Å²) in [6.07, 6.45) is -6.40. The SMILES string of the molecule is CC[C@H]1OC(=O)[C@H](C)[C@@H](O[C@H]2C[C@@](C)(OC)[C@@H](O)[C@H](C)O2)[C@H](C)[C@@H](O[C@@H]2O[C@H](C)C[C@H](N(C)C)[C@H]2O)[C@@](C)(OC(C)=O)C[C@@H](C)C2OC1(C)C(N)C2C. The maximum absolute atomic E-state index is 14.4. The molecule has 4 N–H and O–H groups in total. The summed E-state index contributed by atoms with van der Waals surface area (Å²) in [4.78, 5) is 29.4. The molecule has 4 unspecified atom stereocenters. The summed E-state index contributed by atoms with van der Waals surface area (Å²) in [5.41, 5.74) is 3.56. The van der Waals surface area contributed by atoms with E-state index >= 15 is 0 Å². The highest BCUT2D eigenvalue weighted by atomic mass is 16.7. The highest BCUT2D eigenvalue weighted by molar-refractivity contribution is 5.73. The van der Waals surface area contributed by atoms with Gasteiger partial charge in [-0.2, -0.15) is 0 Å². The summed E-state index contributed by atoms with van der Waals surface area (Å²) in [5, 5.41) is 22.7. The third kappa shape index (κ3) is 8.92. The number of esters is 2. The largest absolute Gasteiger partial charge is 0.459 e. The zero-order valence-electron chi connectivity index (χ0n) is 34.6.